The number of quaternary nitrogens is 1. The number of carbonyl (C=O) groups is 2. The third kappa shape index (κ3) is 70.8. The first kappa shape index (κ1) is 87.7. The van der Waals surface area contributed by atoms with E-state index in [1.807, 2.05) is 33.3 Å². The summed E-state index contributed by atoms with van der Waals surface area (Å²) < 4.78 is 30.5. The molecule has 1 N–H and O–H groups in total. The van der Waals surface area contributed by atoms with Gasteiger partial charge in [0.1, 0.15) is 19.3 Å². The molecule has 0 fully saturated rings. The molecule has 0 rings (SSSR count). The van der Waals surface area contributed by atoms with Gasteiger partial charge in [-0.1, -0.05) is 323 Å². The molecule has 9 nitrogen and oxygen atoms in total. The van der Waals surface area contributed by atoms with E-state index in [0.717, 1.165) is 122 Å². The molecule has 3 atom stereocenters. The Morgan fingerprint density at radius 1 is 0.396 bits per heavy atom. The van der Waals surface area contributed by atoms with Crippen LogP contribution in [0.15, 0.2) is 109 Å². The van der Waals surface area contributed by atoms with Gasteiger partial charge in [0.05, 0.1) is 33.8 Å². The highest BCUT2D eigenvalue weighted by Gasteiger charge is 2.27. The van der Waals surface area contributed by atoms with Gasteiger partial charge in [0.2, 0.25) is 5.91 Å². The van der Waals surface area contributed by atoms with Crippen molar-refractivity contribution in [3.63, 3.8) is 0 Å². The quantitative estimate of drug-likeness (QED) is 0.0212. The van der Waals surface area contributed by atoms with Crippen LogP contribution in [0, 0.1) is 0 Å². The molecule has 0 bridgehead atoms. The molecule has 0 aromatic carbocycles. The summed E-state index contributed by atoms with van der Waals surface area (Å²) in [5.41, 5.74) is 0. The lowest BCUT2D eigenvalue weighted by molar-refractivity contribution is -0.870. The Kier molecular flexibility index (Phi) is 67.0. The smallest absolute Gasteiger partial charge is 0.306 e. The average Bonchev–Trinajstić information content (AvgIpc) is 3.70. The minimum Gasteiger partial charge on any atom is -0.756 e. The highest BCUT2D eigenvalue weighted by atomic mass is 31.2. The molecule has 526 valence electrons. The van der Waals surface area contributed by atoms with Gasteiger partial charge in [-0.25, -0.2) is 0 Å². The third-order valence-electron chi connectivity index (χ3n) is 16.7. The second kappa shape index (κ2) is 69.5. The standard InChI is InChI=1S/C81H145N2O7P/c1-7-10-13-16-19-22-25-28-30-32-34-36-38-40-41-43-44-46-48-50-52-55-58-61-64-67-70-73-80(84)82-78(77-89-91(86,87)88-76-75-83(4,5)6)79(72-69-66-63-60-57-54-27-24-21-18-15-12-9-3)90-81(85)74-71-68-65-62-59-56-53-51-49-47-45-42-39-37-35-33-31-29-26-23-20-17-14-11-8-2/h11,14,19-20,22-23,28-31,35,37,42,45,49,51,69,72,78-79H,7-10,12-13,15-18,21,24-27,32-34,36,38-41,43-44,46-48,50,52-68,70-71,73-77H2,1-6H3,(H-,82,84,86,87)/b14-11-,22-19-,23-20-,30-28-,31-29-,37-35-,45-42-,51-49-,72-69+. The van der Waals surface area contributed by atoms with Crippen LogP contribution < -0.4 is 10.2 Å². The van der Waals surface area contributed by atoms with Crippen molar-refractivity contribution in [2.24, 2.45) is 0 Å². The van der Waals surface area contributed by atoms with Gasteiger partial charge in [-0.15, -0.1) is 0 Å². The van der Waals surface area contributed by atoms with Gasteiger partial charge in [-0.3, -0.25) is 14.2 Å². The Morgan fingerprint density at radius 2 is 0.703 bits per heavy atom. The first-order chi connectivity index (χ1) is 44.4. The van der Waals surface area contributed by atoms with E-state index >= 15 is 0 Å². The number of likely N-dealkylation sites (N-methyl/N-ethyl adjacent to an activating group) is 1. The number of phosphoric acid groups is 1. The topological polar surface area (TPSA) is 114 Å². The van der Waals surface area contributed by atoms with Crippen LogP contribution in [-0.4, -0.2) is 69.4 Å². The number of phosphoric ester groups is 1. The minimum atomic E-state index is -4.72. The van der Waals surface area contributed by atoms with Crippen LogP contribution in [0.3, 0.4) is 0 Å². The number of nitrogens with zero attached hydrogens (tertiary/aromatic N) is 1. The Bertz CT molecular complexity index is 1930. The molecule has 0 heterocycles. The van der Waals surface area contributed by atoms with Crippen molar-refractivity contribution >= 4 is 19.7 Å². The number of hydrogen-bond acceptors (Lipinski definition) is 7. The summed E-state index contributed by atoms with van der Waals surface area (Å²) in [6.07, 6.45) is 96.5. The fourth-order valence-corrected chi connectivity index (χ4v) is 11.6. The number of hydrogen-bond donors (Lipinski definition) is 1. The van der Waals surface area contributed by atoms with Crippen molar-refractivity contribution in [2.75, 3.05) is 40.9 Å². The van der Waals surface area contributed by atoms with Crippen molar-refractivity contribution in [3.05, 3.63) is 109 Å². The molecule has 0 aromatic rings. The Morgan fingerprint density at radius 3 is 1.08 bits per heavy atom. The second-order valence-corrected chi connectivity index (χ2v) is 28.2. The van der Waals surface area contributed by atoms with Crippen molar-refractivity contribution < 1.29 is 37.3 Å². The monoisotopic (exact) mass is 1290 g/mol. The SMILES string of the molecule is CC/C=C\C/C=C\C/C=C\C/C=C\C/C=C\C/C=C\CCCCCCCCC(=O)OC(/C=C/CCCCCCCCCCCCC)C(COP(=O)([O-])OCC[N+](C)(C)C)NC(=O)CCCCCCCCCCCCCCCCCCC/C=C\C/C=C\CCCCC. The van der Waals surface area contributed by atoms with Gasteiger partial charge < -0.3 is 28.5 Å². The van der Waals surface area contributed by atoms with Gasteiger partial charge in [0.25, 0.3) is 7.82 Å². The summed E-state index contributed by atoms with van der Waals surface area (Å²) in [7, 11) is 1.17. The predicted molar refractivity (Wildman–Crippen MR) is 394 cm³/mol. The number of unbranched alkanes of at least 4 members (excludes halogenated alkanes) is 37. The van der Waals surface area contributed by atoms with E-state index in [0.29, 0.717) is 23.9 Å². The summed E-state index contributed by atoms with van der Waals surface area (Å²) in [4.78, 5) is 40.3. The van der Waals surface area contributed by atoms with Crippen LogP contribution in [0.2, 0.25) is 0 Å². The van der Waals surface area contributed by atoms with E-state index in [1.54, 1.807) is 0 Å². The van der Waals surface area contributed by atoms with E-state index in [1.165, 1.54) is 180 Å². The van der Waals surface area contributed by atoms with Crippen LogP contribution in [0.5, 0.6) is 0 Å². The van der Waals surface area contributed by atoms with E-state index in [-0.39, 0.29) is 24.9 Å². The molecule has 10 heteroatoms. The zero-order chi connectivity index (χ0) is 66.3. The summed E-state index contributed by atoms with van der Waals surface area (Å²) in [6, 6.07) is -0.902. The van der Waals surface area contributed by atoms with Gasteiger partial charge in [0.15, 0.2) is 0 Å². The van der Waals surface area contributed by atoms with Crippen molar-refractivity contribution in [3.8, 4) is 0 Å². The fourth-order valence-electron chi connectivity index (χ4n) is 10.9. The molecule has 0 saturated carbocycles. The van der Waals surface area contributed by atoms with Gasteiger partial charge >= 0.3 is 5.97 Å². The first-order valence-electron chi connectivity index (χ1n) is 38.2. The van der Waals surface area contributed by atoms with Crippen molar-refractivity contribution in [2.45, 2.75) is 354 Å². The number of allylic oxidation sites excluding steroid dienone is 17. The lowest BCUT2D eigenvalue weighted by Crippen LogP contribution is -2.47. The normalized spacial score (nSPS) is 14.1. The van der Waals surface area contributed by atoms with E-state index < -0.39 is 26.6 Å². The largest absolute Gasteiger partial charge is 0.756 e. The van der Waals surface area contributed by atoms with E-state index in [9.17, 15) is 19.0 Å². The molecular weight excluding hydrogens is 1140 g/mol. The van der Waals surface area contributed by atoms with Crippen LogP contribution >= 0.6 is 7.82 Å². The molecule has 0 aliphatic carbocycles. The van der Waals surface area contributed by atoms with Crippen molar-refractivity contribution in [1.29, 1.82) is 0 Å². The lowest BCUT2D eigenvalue weighted by atomic mass is 10.0. The summed E-state index contributed by atoms with van der Waals surface area (Å²) >= 11 is 0. The Hall–Kier alpha value is -3.33. The fraction of sp³-hybridized carbons (Fsp3) is 0.753. The first-order valence-corrected chi connectivity index (χ1v) is 39.7. The summed E-state index contributed by atoms with van der Waals surface area (Å²) in [6.45, 7) is 6.73. The molecule has 1 amide bonds. The number of esters is 1. The van der Waals surface area contributed by atoms with E-state index in [4.69, 9.17) is 13.8 Å². The number of nitrogens with one attached hydrogen (secondary N) is 1. The molecule has 0 aromatic heterocycles. The van der Waals surface area contributed by atoms with Crippen molar-refractivity contribution in [1.82, 2.24) is 5.32 Å². The highest BCUT2D eigenvalue weighted by Crippen LogP contribution is 2.38. The molecule has 0 spiro atoms. The lowest BCUT2D eigenvalue weighted by Gasteiger charge is -2.30. The maximum Gasteiger partial charge on any atom is 0.306 e. The number of amides is 1. The summed E-state index contributed by atoms with van der Waals surface area (Å²) in [5.74, 6) is -0.551. The zero-order valence-corrected chi connectivity index (χ0v) is 61.2. The third-order valence-corrected chi connectivity index (χ3v) is 17.7. The molecular formula is C81H145N2O7P. The number of ether oxygens (including phenoxy) is 1. The molecule has 91 heavy (non-hydrogen) atoms. The van der Waals surface area contributed by atoms with E-state index in [2.05, 4.69) is 123 Å². The van der Waals surface area contributed by atoms with Crippen LogP contribution in [0.1, 0.15) is 342 Å². The molecule has 3 unspecified atom stereocenters. The highest BCUT2D eigenvalue weighted by molar-refractivity contribution is 7.45. The maximum absolute atomic E-state index is 13.6. The van der Waals surface area contributed by atoms with Crippen LogP contribution in [0.4, 0.5) is 0 Å². The van der Waals surface area contributed by atoms with Gasteiger partial charge in [0, 0.05) is 12.8 Å². The second-order valence-electron chi connectivity index (χ2n) is 26.8. The Balaban J connectivity index is 5.05. The van der Waals surface area contributed by atoms with Gasteiger partial charge in [-0.2, -0.15) is 0 Å². The molecule has 0 saturated heterocycles. The minimum absolute atomic E-state index is 0.0283. The maximum atomic E-state index is 13.6. The van der Waals surface area contributed by atoms with Gasteiger partial charge in [-0.05, 0) is 115 Å². The van der Waals surface area contributed by atoms with Crippen LogP contribution in [-0.2, 0) is 27.9 Å². The predicted octanol–water partition coefficient (Wildman–Crippen LogP) is 24.2. The molecule has 0 radical (unpaired) electrons. The molecule has 0 aliphatic rings. The number of carbonyl (C=O) groups excluding carboxylic acids is 2. The zero-order valence-electron chi connectivity index (χ0n) is 60.3. The van der Waals surface area contributed by atoms with Crippen LogP contribution in [0.25, 0.3) is 0 Å². The number of rotatable bonds is 69. The average molecular weight is 1290 g/mol. The Labute approximate surface area is 563 Å². The summed E-state index contributed by atoms with van der Waals surface area (Å²) in [5, 5.41) is 3.05. The molecule has 0 aliphatic heterocycles.